The molecule has 1 aromatic heterocycles. The van der Waals surface area contributed by atoms with Crippen LogP contribution in [0, 0.1) is 0 Å². The topological polar surface area (TPSA) is 70.4 Å². The zero-order valence-corrected chi connectivity index (χ0v) is 8.66. The molecule has 1 aromatic rings. The molecule has 0 saturated heterocycles. The number of carboxylic acids is 1. The van der Waals surface area contributed by atoms with Crippen LogP contribution >= 0.6 is 11.6 Å². The molecule has 1 atom stereocenters. The first-order valence-electron chi connectivity index (χ1n) is 4.20. The fourth-order valence-corrected chi connectivity index (χ4v) is 1.28. The Hall–Kier alpha value is -1.27. The molecule has 0 radical (unpaired) electrons. The van der Waals surface area contributed by atoms with Crippen molar-refractivity contribution in [1.82, 2.24) is 4.98 Å². The summed E-state index contributed by atoms with van der Waals surface area (Å²) in [5.41, 5.74) is -3.03. The SMILES string of the molecule is O=C(O)CC(O)(c1ccc(Cl)nc1)C(F)F. The third-order valence-electron chi connectivity index (χ3n) is 2.01. The maximum Gasteiger partial charge on any atom is 0.306 e. The van der Waals surface area contributed by atoms with E-state index >= 15 is 0 Å². The van der Waals surface area contributed by atoms with Gasteiger partial charge in [-0.25, -0.2) is 13.8 Å². The van der Waals surface area contributed by atoms with Gasteiger partial charge in [0.1, 0.15) is 5.15 Å². The number of aromatic nitrogens is 1. The first-order valence-corrected chi connectivity index (χ1v) is 4.58. The molecular formula is C9H8ClF2NO3. The second-order valence-electron chi connectivity index (χ2n) is 3.17. The van der Waals surface area contributed by atoms with Crippen molar-refractivity contribution >= 4 is 17.6 Å². The van der Waals surface area contributed by atoms with Crippen molar-refractivity contribution in [3.8, 4) is 0 Å². The molecule has 88 valence electrons. The highest BCUT2D eigenvalue weighted by molar-refractivity contribution is 6.29. The van der Waals surface area contributed by atoms with Crippen molar-refractivity contribution in [2.24, 2.45) is 0 Å². The summed E-state index contributed by atoms with van der Waals surface area (Å²) in [6.45, 7) is 0. The molecule has 1 unspecified atom stereocenters. The number of nitrogens with zero attached hydrogens (tertiary/aromatic N) is 1. The van der Waals surface area contributed by atoms with Crippen molar-refractivity contribution in [1.29, 1.82) is 0 Å². The van der Waals surface area contributed by atoms with Gasteiger partial charge in [-0.2, -0.15) is 0 Å². The van der Waals surface area contributed by atoms with Crippen molar-refractivity contribution < 1.29 is 23.8 Å². The van der Waals surface area contributed by atoms with Crippen LogP contribution in [0.4, 0.5) is 8.78 Å². The average molecular weight is 252 g/mol. The molecule has 0 fully saturated rings. The van der Waals surface area contributed by atoms with Gasteiger partial charge in [0.2, 0.25) is 0 Å². The molecule has 0 bridgehead atoms. The summed E-state index contributed by atoms with van der Waals surface area (Å²) in [4.78, 5) is 13.9. The fourth-order valence-electron chi connectivity index (χ4n) is 1.17. The molecular weight excluding hydrogens is 244 g/mol. The van der Waals surface area contributed by atoms with Crippen molar-refractivity contribution in [3.63, 3.8) is 0 Å². The number of pyridine rings is 1. The van der Waals surface area contributed by atoms with Crippen LogP contribution in [0.2, 0.25) is 5.15 Å². The van der Waals surface area contributed by atoms with Gasteiger partial charge in [-0.15, -0.1) is 0 Å². The molecule has 4 nitrogen and oxygen atoms in total. The van der Waals surface area contributed by atoms with E-state index in [-0.39, 0.29) is 10.7 Å². The van der Waals surface area contributed by atoms with Crippen LogP contribution in [0.5, 0.6) is 0 Å². The van der Waals surface area contributed by atoms with Crippen LogP contribution in [0.25, 0.3) is 0 Å². The summed E-state index contributed by atoms with van der Waals surface area (Å²) in [7, 11) is 0. The average Bonchev–Trinajstić information content (AvgIpc) is 2.17. The predicted octanol–water partition coefficient (Wildman–Crippen LogP) is 1.66. The Labute approximate surface area is 94.5 Å². The van der Waals surface area contributed by atoms with E-state index in [4.69, 9.17) is 16.7 Å². The maximum atomic E-state index is 12.7. The van der Waals surface area contributed by atoms with Crippen LogP contribution in [0.3, 0.4) is 0 Å². The Morgan fingerprint density at radius 2 is 2.19 bits per heavy atom. The number of alkyl halides is 2. The third kappa shape index (κ3) is 2.65. The van der Waals surface area contributed by atoms with Crippen LogP contribution in [-0.4, -0.2) is 27.6 Å². The second kappa shape index (κ2) is 4.71. The first kappa shape index (κ1) is 12.8. The number of halogens is 3. The summed E-state index contributed by atoms with van der Waals surface area (Å²) in [5.74, 6) is -1.53. The van der Waals surface area contributed by atoms with Crippen molar-refractivity contribution in [2.75, 3.05) is 0 Å². The summed E-state index contributed by atoms with van der Waals surface area (Å²) < 4.78 is 25.3. The molecule has 0 amide bonds. The van der Waals surface area contributed by atoms with Gasteiger partial charge in [0.15, 0.2) is 5.60 Å². The number of carboxylic acid groups (broad SMARTS) is 1. The summed E-state index contributed by atoms with van der Waals surface area (Å²) in [5, 5.41) is 18.1. The van der Waals surface area contributed by atoms with E-state index in [1.54, 1.807) is 0 Å². The molecule has 0 aliphatic carbocycles. The zero-order valence-electron chi connectivity index (χ0n) is 7.90. The van der Waals surface area contributed by atoms with Crippen LogP contribution < -0.4 is 0 Å². The van der Waals surface area contributed by atoms with Crippen molar-refractivity contribution in [3.05, 3.63) is 29.0 Å². The quantitative estimate of drug-likeness (QED) is 0.799. The zero-order chi connectivity index (χ0) is 12.3. The molecule has 1 rings (SSSR count). The predicted molar refractivity (Wildman–Crippen MR) is 51.4 cm³/mol. The molecule has 1 heterocycles. The lowest BCUT2D eigenvalue weighted by molar-refractivity contribution is -0.155. The van der Waals surface area contributed by atoms with Gasteiger partial charge in [-0.05, 0) is 6.07 Å². The van der Waals surface area contributed by atoms with Crippen LogP contribution in [0.1, 0.15) is 12.0 Å². The van der Waals surface area contributed by atoms with E-state index in [2.05, 4.69) is 4.98 Å². The van der Waals surface area contributed by atoms with E-state index in [1.807, 2.05) is 0 Å². The fraction of sp³-hybridized carbons (Fsp3) is 0.333. The molecule has 2 N–H and O–H groups in total. The molecule has 0 saturated carbocycles. The highest BCUT2D eigenvalue weighted by atomic mass is 35.5. The molecule has 16 heavy (non-hydrogen) atoms. The van der Waals surface area contributed by atoms with Gasteiger partial charge < -0.3 is 10.2 Å². The van der Waals surface area contributed by atoms with Gasteiger partial charge in [0, 0.05) is 11.8 Å². The van der Waals surface area contributed by atoms with Gasteiger partial charge in [0.05, 0.1) is 6.42 Å². The minimum Gasteiger partial charge on any atom is -0.481 e. The Balaban J connectivity index is 3.10. The summed E-state index contributed by atoms with van der Waals surface area (Å²) in [6.07, 6.45) is -3.41. The summed E-state index contributed by atoms with van der Waals surface area (Å²) >= 11 is 5.45. The van der Waals surface area contributed by atoms with E-state index in [1.165, 1.54) is 6.07 Å². The molecule has 7 heteroatoms. The molecule has 0 spiro atoms. The third-order valence-corrected chi connectivity index (χ3v) is 2.23. The Bertz CT molecular complexity index is 385. The number of hydrogen-bond donors (Lipinski definition) is 2. The van der Waals surface area contributed by atoms with Crippen molar-refractivity contribution in [2.45, 2.75) is 18.4 Å². The van der Waals surface area contributed by atoms with Gasteiger partial charge in [-0.3, -0.25) is 4.79 Å². The Morgan fingerprint density at radius 3 is 2.56 bits per heavy atom. The number of aliphatic carboxylic acids is 1. The van der Waals surface area contributed by atoms with E-state index in [9.17, 15) is 18.7 Å². The minimum absolute atomic E-state index is 0.0655. The standard InChI is InChI=1S/C9H8ClF2NO3/c10-6-2-1-5(4-13-6)9(16,8(11)12)3-7(14)15/h1-2,4,8,16H,3H2,(H,14,15). The monoisotopic (exact) mass is 251 g/mol. The molecule has 0 aliphatic heterocycles. The van der Waals surface area contributed by atoms with Gasteiger partial charge in [-0.1, -0.05) is 17.7 Å². The largest absolute Gasteiger partial charge is 0.481 e. The number of hydrogen-bond acceptors (Lipinski definition) is 3. The maximum absolute atomic E-state index is 12.7. The van der Waals surface area contributed by atoms with E-state index < -0.39 is 24.4 Å². The normalized spacial score (nSPS) is 14.8. The smallest absolute Gasteiger partial charge is 0.306 e. The molecule has 0 aromatic carbocycles. The second-order valence-corrected chi connectivity index (χ2v) is 3.55. The Morgan fingerprint density at radius 1 is 1.56 bits per heavy atom. The van der Waals surface area contributed by atoms with Crippen LogP contribution in [-0.2, 0) is 10.4 Å². The summed E-state index contributed by atoms with van der Waals surface area (Å²) in [6, 6.07) is 2.32. The molecule has 0 aliphatic rings. The minimum atomic E-state index is -3.23. The van der Waals surface area contributed by atoms with Gasteiger partial charge >= 0.3 is 5.97 Å². The number of rotatable bonds is 4. The van der Waals surface area contributed by atoms with E-state index in [0.29, 0.717) is 0 Å². The Kier molecular flexibility index (Phi) is 3.77. The first-order chi connectivity index (χ1) is 7.36. The van der Waals surface area contributed by atoms with E-state index in [0.717, 1.165) is 12.3 Å². The lowest BCUT2D eigenvalue weighted by Gasteiger charge is -2.25. The van der Waals surface area contributed by atoms with Crippen LogP contribution in [0.15, 0.2) is 18.3 Å². The van der Waals surface area contributed by atoms with Gasteiger partial charge in [0.25, 0.3) is 6.43 Å². The number of aliphatic hydroxyl groups is 1. The number of carbonyl (C=O) groups is 1. The lowest BCUT2D eigenvalue weighted by Crippen LogP contribution is -2.36. The highest BCUT2D eigenvalue weighted by Gasteiger charge is 2.42. The highest BCUT2D eigenvalue weighted by Crippen LogP contribution is 2.31. The lowest BCUT2D eigenvalue weighted by atomic mass is 9.92.